The molecule has 4 nitrogen and oxygen atoms in total. The van der Waals surface area contributed by atoms with E-state index in [4.69, 9.17) is 4.74 Å². The minimum atomic E-state index is -4.33. The maximum atomic E-state index is 12.5. The second-order valence-electron chi connectivity index (χ2n) is 4.74. The maximum absolute atomic E-state index is 12.5. The van der Waals surface area contributed by atoms with Gasteiger partial charge in [-0.05, 0) is 13.0 Å². The number of ether oxygens (including phenoxy) is 1. The molecular weight excluding hydrogens is 259 g/mol. The van der Waals surface area contributed by atoms with Crippen LogP contribution in [-0.2, 0) is 17.5 Å². The van der Waals surface area contributed by atoms with Gasteiger partial charge in [-0.1, -0.05) is 6.92 Å². The first-order valence-corrected chi connectivity index (χ1v) is 6.41. The van der Waals surface area contributed by atoms with E-state index in [1.54, 1.807) is 0 Å². The molecule has 1 N–H and O–H groups in total. The van der Waals surface area contributed by atoms with E-state index in [2.05, 4.69) is 10.4 Å². The zero-order chi connectivity index (χ0) is 13.9. The van der Waals surface area contributed by atoms with E-state index in [1.165, 1.54) is 4.68 Å². The average Bonchev–Trinajstić information content (AvgIpc) is 2.98. The molecule has 0 amide bonds. The van der Waals surface area contributed by atoms with Gasteiger partial charge < -0.3 is 10.1 Å². The minimum absolute atomic E-state index is 0.0912. The van der Waals surface area contributed by atoms with Gasteiger partial charge in [0.05, 0.1) is 24.9 Å². The van der Waals surface area contributed by atoms with E-state index in [0.717, 1.165) is 32.0 Å². The summed E-state index contributed by atoms with van der Waals surface area (Å²) in [5, 5.41) is 7.09. The van der Waals surface area contributed by atoms with Crippen molar-refractivity contribution in [2.24, 2.45) is 5.92 Å². The Morgan fingerprint density at radius 2 is 2.37 bits per heavy atom. The van der Waals surface area contributed by atoms with Crippen molar-refractivity contribution in [3.63, 3.8) is 0 Å². The Kier molecular flexibility index (Phi) is 4.46. The first kappa shape index (κ1) is 14.3. The van der Waals surface area contributed by atoms with Gasteiger partial charge in [-0.3, -0.25) is 4.68 Å². The van der Waals surface area contributed by atoms with Crippen LogP contribution in [0.3, 0.4) is 0 Å². The molecule has 2 heterocycles. The maximum Gasteiger partial charge on any atom is 0.419 e. The zero-order valence-corrected chi connectivity index (χ0v) is 10.8. The Morgan fingerprint density at radius 1 is 1.58 bits per heavy atom. The summed E-state index contributed by atoms with van der Waals surface area (Å²) in [5.74, 6) is 0.332. The molecule has 0 bridgehead atoms. The van der Waals surface area contributed by atoms with E-state index < -0.39 is 11.7 Å². The van der Waals surface area contributed by atoms with E-state index in [-0.39, 0.29) is 6.04 Å². The summed E-state index contributed by atoms with van der Waals surface area (Å²) in [6.45, 7) is 4.56. The molecule has 2 rings (SSSR count). The highest BCUT2D eigenvalue weighted by Crippen LogP contribution is 2.28. The summed E-state index contributed by atoms with van der Waals surface area (Å²) < 4.78 is 44.2. The van der Waals surface area contributed by atoms with Gasteiger partial charge in [0.1, 0.15) is 0 Å². The van der Waals surface area contributed by atoms with Crippen molar-refractivity contribution in [3.05, 3.63) is 18.0 Å². The first-order valence-electron chi connectivity index (χ1n) is 6.41. The smallest absolute Gasteiger partial charge is 0.381 e. The summed E-state index contributed by atoms with van der Waals surface area (Å²) in [6, 6.07) is 0.0912. The number of halogens is 3. The Hall–Kier alpha value is -1.08. The average molecular weight is 277 g/mol. The van der Waals surface area contributed by atoms with Crippen LogP contribution in [0.15, 0.2) is 12.4 Å². The molecule has 0 aromatic carbocycles. The van der Waals surface area contributed by atoms with Crippen molar-refractivity contribution in [1.82, 2.24) is 15.1 Å². The van der Waals surface area contributed by atoms with Gasteiger partial charge in [0.15, 0.2) is 0 Å². The summed E-state index contributed by atoms with van der Waals surface area (Å²) in [6.07, 6.45) is -1.47. The third kappa shape index (κ3) is 3.70. The lowest BCUT2D eigenvalue weighted by molar-refractivity contribution is -0.137. The highest BCUT2D eigenvalue weighted by molar-refractivity contribution is 5.08. The van der Waals surface area contributed by atoms with Crippen LogP contribution in [0.25, 0.3) is 0 Å². The van der Waals surface area contributed by atoms with Crippen molar-refractivity contribution in [1.29, 1.82) is 0 Å². The Morgan fingerprint density at radius 3 is 2.89 bits per heavy atom. The lowest BCUT2D eigenvalue weighted by Crippen LogP contribution is -2.40. The number of nitrogens with one attached hydrogen (secondary N) is 1. The van der Waals surface area contributed by atoms with Crippen LogP contribution < -0.4 is 5.32 Å². The third-order valence-electron chi connectivity index (χ3n) is 3.34. The quantitative estimate of drug-likeness (QED) is 0.893. The monoisotopic (exact) mass is 277 g/mol. The minimum Gasteiger partial charge on any atom is -0.381 e. The van der Waals surface area contributed by atoms with E-state index >= 15 is 0 Å². The molecule has 1 aliphatic heterocycles. The molecule has 2 atom stereocenters. The summed E-state index contributed by atoms with van der Waals surface area (Å²) in [4.78, 5) is 0. The molecule has 2 unspecified atom stereocenters. The highest BCUT2D eigenvalue weighted by Gasteiger charge is 2.33. The fourth-order valence-corrected chi connectivity index (χ4v) is 2.32. The molecule has 0 spiro atoms. The summed E-state index contributed by atoms with van der Waals surface area (Å²) >= 11 is 0. The number of hydrogen-bond donors (Lipinski definition) is 1. The van der Waals surface area contributed by atoms with Gasteiger partial charge in [-0.25, -0.2) is 0 Å². The second-order valence-corrected chi connectivity index (χ2v) is 4.74. The lowest BCUT2D eigenvalue weighted by Gasteiger charge is -2.23. The first-order chi connectivity index (χ1) is 9.00. The Bertz CT molecular complexity index is 399. The van der Waals surface area contributed by atoms with Crippen LogP contribution in [0.4, 0.5) is 13.2 Å². The largest absolute Gasteiger partial charge is 0.419 e. The Balaban J connectivity index is 2.02. The zero-order valence-electron chi connectivity index (χ0n) is 10.8. The number of alkyl halides is 3. The molecule has 108 valence electrons. The second kappa shape index (κ2) is 5.92. The predicted octanol–water partition coefficient (Wildman–Crippen LogP) is 1.92. The molecule has 0 saturated carbocycles. The molecule has 1 aromatic rings. The van der Waals surface area contributed by atoms with Crippen molar-refractivity contribution >= 4 is 0 Å². The summed E-state index contributed by atoms with van der Waals surface area (Å²) in [7, 11) is 0. The van der Waals surface area contributed by atoms with E-state index in [0.29, 0.717) is 19.1 Å². The van der Waals surface area contributed by atoms with E-state index in [1.807, 2.05) is 6.92 Å². The van der Waals surface area contributed by atoms with Crippen LogP contribution in [-0.4, -0.2) is 35.6 Å². The van der Waals surface area contributed by atoms with Gasteiger partial charge in [0, 0.05) is 24.8 Å². The molecular formula is C12H18F3N3O. The Labute approximate surface area is 109 Å². The van der Waals surface area contributed by atoms with Crippen LogP contribution in [0.1, 0.15) is 18.9 Å². The molecule has 0 radical (unpaired) electrons. The van der Waals surface area contributed by atoms with Crippen molar-refractivity contribution in [3.8, 4) is 0 Å². The number of rotatable bonds is 5. The fraction of sp³-hybridized carbons (Fsp3) is 0.750. The van der Waals surface area contributed by atoms with Gasteiger partial charge in [0.25, 0.3) is 0 Å². The van der Waals surface area contributed by atoms with E-state index in [9.17, 15) is 13.2 Å². The van der Waals surface area contributed by atoms with Gasteiger partial charge >= 0.3 is 6.18 Å². The fourth-order valence-electron chi connectivity index (χ4n) is 2.32. The molecule has 19 heavy (non-hydrogen) atoms. The van der Waals surface area contributed by atoms with Crippen LogP contribution in [0.5, 0.6) is 0 Å². The number of hydrogen-bond acceptors (Lipinski definition) is 3. The normalized spacial score (nSPS) is 21.8. The topological polar surface area (TPSA) is 39.1 Å². The van der Waals surface area contributed by atoms with Crippen molar-refractivity contribution < 1.29 is 17.9 Å². The molecule has 1 aliphatic rings. The molecule has 1 saturated heterocycles. The molecule has 1 fully saturated rings. The lowest BCUT2D eigenvalue weighted by atomic mass is 9.99. The number of nitrogens with zero attached hydrogens (tertiary/aromatic N) is 2. The van der Waals surface area contributed by atoms with Crippen LogP contribution in [0.2, 0.25) is 0 Å². The van der Waals surface area contributed by atoms with Crippen molar-refractivity contribution in [2.45, 2.75) is 32.1 Å². The van der Waals surface area contributed by atoms with Gasteiger partial charge in [-0.2, -0.15) is 18.3 Å². The molecule has 7 heteroatoms. The van der Waals surface area contributed by atoms with Crippen LogP contribution in [0, 0.1) is 5.92 Å². The van der Waals surface area contributed by atoms with Crippen molar-refractivity contribution in [2.75, 3.05) is 19.8 Å². The predicted molar refractivity (Wildman–Crippen MR) is 63.6 cm³/mol. The number of likely N-dealkylation sites (N-methyl/N-ethyl adjacent to an activating group) is 1. The number of aromatic nitrogens is 2. The summed E-state index contributed by atoms with van der Waals surface area (Å²) in [5.41, 5.74) is -0.703. The standard InChI is InChI=1S/C12H18F3N3O/c1-2-16-11(9-3-4-19-8-9)7-18-6-10(5-17-18)12(13,14)15/h5-6,9,11,16H,2-4,7-8H2,1H3. The SMILES string of the molecule is CCNC(Cn1cc(C(F)(F)F)cn1)C1CCOC1. The third-order valence-corrected chi connectivity index (χ3v) is 3.34. The highest BCUT2D eigenvalue weighted by atomic mass is 19.4. The molecule has 0 aliphatic carbocycles. The van der Waals surface area contributed by atoms with Gasteiger partial charge in [-0.15, -0.1) is 0 Å². The van der Waals surface area contributed by atoms with Gasteiger partial charge in [0.2, 0.25) is 0 Å². The van der Waals surface area contributed by atoms with Crippen LogP contribution >= 0.6 is 0 Å². The molecule has 1 aromatic heterocycles.